The molecule has 1 aliphatic rings. The van der Waals surface area contributed by atoms with Gasteiger partial charge in [-0.05, 0) is 62.9 Å². The molecule has 1 aromatic heterocycles. The fraction of sp³-hybridized carbons (Fsp3) is 0.500. The van der Waals surface area contributed by atoms with E-state index in [-0.39, 0.29) is 0 Å². The molecule has 3 rings (SSSR count). The van der Waals surface area contributed by atoms with Crippen LogP contribution < -0.4 is 10.1 Å². The predicted octanol–water partition coefficient (Wildman–Crippen LogP) is 2.81. The van der Waals surface area contributed by atoms with E-state index in [4.69, 9.17) is 4.74 Å². The minimum Gasteiger partial charge on any atom is -0.495 e. The van der Waals surface area contributed by atoms with Crippen molar-refractivity contribution in [3.63, 3.8) is 0 Å². The first-order valence-corrected chi connectivity index (χ1v) is 7.06. The molecule has 0 spiro atoms. The number of H-pyrrole nitrogens is 1. The Bertz CT molecular complexity index is 600. The van der Waals surface area contributed by atoms with Crippen molar-refractivity contribution in [1.29, 1.82) is 0 Å². The molecule has 1 heterocycles. The van der Waals surface area contributed by atoms with E-state index >= 15 is 0 Å². The zero-order valence-corrected chi connectivity index (χ0v) is 12.0. The number of aryl methyl sites for hydroxylation is 2. The van der Waals surface area contributed by atoms with E-state index in [1.165, 1.54) is 40.6 Å². The van der Waals surface area contributed by atoms with Crippen LogP contribution in [0.25, 0.3) is 10.9 Å². The van der Waals surface area contributed by atoms with Crippen molar-refractivity contribution < 1.29 is 4.74 Å². The van der Waals surface area contributed by atoms with Crippen molar-refractivity contribution in [2.75, 3.05) is 20.7 Å². The minimum atomic E-state index is 0.752. The van der Waals surface area contributed by atoms with Gasteiger partial charge in [-0.2, -0.15) is 0 Å². The van der Waals surface area contributed by atoms with Crippen LogP contribution in [0.5, 0.6) is 5.75 Å². The van der Waals surface area contributed by atoms with Gasteiger partial charge in [-0.25, -0.2) is 0 Å². The highest BCUT2D eigenvalue weighted by molar-refractivity contribution is 5.92. The zero-order chi connectivity index (χ0) is 13.4. The molecule has 1 atom stereocenters. The molecule has 0 saturated heterocycles. The largest absolute Gasteiger partial charge is 0.495 e. The smallest absolute Gasteiger partial charge is 0.142 e. The number of ether oxygens (including phenoxy) is 1. The lowest BCUT2D eigenvalue weighted by molar-refractivity contribution is 0.419. The Balaban J connectivity index is 2.12. The Morgan fingerprint density at radius 2 is 2.26 bits per heavy atom. The fourth-order valence-corrected chi connectivity index (χ4v) is 3.39. The summed E-state index contributed by atoms with van der Waals surface area (Å²) in [4.78, 5) is 3.59. The summed E-state index contributed by atoms with van der Waals surface area (Å²) in [7, 11) is 3.78. The SMILES string of the molecule is CNCC1CCc2[nH]c3c(OC)ccc(C)c3c2C1. The monoisotopic (exact) mass is 258 g/mol. The van der Waals surface area contributed by atoms with Gasteiger partial charge in [0.15, 0.2) is 0 Å². The maximum Gasteiger partial charge on any atom is 0.142 e. The Kier molecular flexibility index (Phi) is 3.23. The number of hydrogen-bond donors (Lipinski definition) is 2. The maximum absolute atomic E-state index is 5.49. The van der Waals surface area contributed by atoms with Crippen molar-refractivity contribution in [1.82, 2.24) is 10.3 Å². The van der Waals surface area contributed by atoms with Crippen LogP contribution in [0.4, 0.5) is 0 Å². The number of aromatic amines is 1. The summed E-state index contributed by atoms with van der Waals surface area (Å²) in [5.41, 5.74) is 5.45. The molecule has 0 fully saturated rings. The normalized spacial score (nSPS) is 18.6. The van der Waals surface area contributed by atoms with Crippen LogP contribution in [-0.4, -0.2) is 25.7 Å². The van der Waals surface area contributed by atoms with E-state index in [9.17, 15) is 0 Å². The van der Waals surface area contributed by atoms with Gasteiger partial charge >= 0.3 is 0 Å². The highest BCUT2D eigenvalue weighted by atomic mass is 16.5. The van der Waals surface area contributed by atoms with Gasteiger partial charge < -0.3 is 15.0 Å². The quantitative estimate of drug-likeness (QED) is 0.888. The highest BCUT2D eigenvalue weighted by Crippen LogP contribution is 2.37. The Hall–Kier alpha value is -1.48. The molecule has 0 radical (unpaired) electrons. The van der Waals surface area contributed by atoms with Crippen LogP contribution >= 0.6 is 0 Å². The van der Waals surface area contributed by atoms with E-state index in [0.29, 0.717) is 0 Å². The number of hydrogen-bond acceptors (Lipinski definition) is 2. The molecule has 0 saturated carbocycles. The lowest BCUT2D eigenvalue weighted by Gasteiger charge is -2.22. The third kappa shape index (κ3) is 2.02. The molecule has 0 bridgehead atoms. The molecule has 1 unspecified atom stereocenters. The summed E-state index contributed by atoms with van der Waals surface area (Å²) in [5.74, 6) is 1.71. The van der Waals surface area contributed by atoms with Gasteiger partial charge in [0.25, 0.3) is 0 Å². The zero-order valence-electron chi connectivity index (χ0n) is 12.0. The summed E-state index contributed by atoms with van der Waals surface area (Å²) < 4.78 is 5.49. The van der Waals surface area contributed by atoms with Crippen molar-refractivity contribution in [2.45, 2.75) is 26.2 Å². The van der Waals surface area contributed by atoms with E-state index in [0.717, 1.165) is 24.6 Å². The Labute approximate surface area is 114 Å². The van der Waals surface area contributed by atoms with Crippen LogP contribution in [0.15, 0.2) is 12.1 Å². The standard InChI is InChI=1S/C16H22N2O/c1-10-4-7-14(19-3)16-15(10)12-8-11(9-17-2)5-6-13(12)18-16/h4,7,11,17-18H,5-6,8-9H2,1-3H3. The first-order valence-electron chi connectivity index (χ1n) is 7.06. The third-order valence-corrected chi connectivity index (χ3v) is 4.33. The molecule has 3 nitrogen and oxygen atoms in total. The van der Waals surface area contributed by atoms with Crippen LogP contribution in [0.1, 0.15) is 23.2 Å². The van der Waals surface area contributed by atoms with Crippen LogP contribution in [-0.2, 0) is 12.8 Å². The second-order valence-electron chi connectivity index (χ2n) is 5.58. The average Bonchev–Trinajstić information content (AvgIpc) is 2.79. The van der Waals surface area contributed by atoms with E-state index in [2.05, 4.69) is 29.4 Å². The summed E-state index contributed by atoms with van der Waals surface area (Å²) >= 11 is 0. The summed E-state index contributed by atoms with van der Waals surface area (Å²) in [6.45, 7) is 3.30. The van der Waals surface area contributed by atoms with Gasteiger partial charge in [0.1, 0.15) is 5.75 Å². The molecule has 3 heteroatoms. The summed E-state index contributed by atoms with van der Waals surface area (Å²) in [5, 5.41) is 4.70. The first kappa shape index (κ1) is 12.5. The average molecular weight is 258 g/mol. The molecule has 102 valence electrons. The van der Waals surface area contributed by atoms with Crippen LogP contribution in [0.2, 0.25) is 0 Å². The van der Waals surface area contributed by atoms with Gasteiger partial charge in [-0.15, -0.1) is 0 Å². The summed E-state index contributed by atoms with van der Waals surface area (Å²) in [6.07, 6.45) is 3.59. The number of methoxy groups -OCH3 is 1. The number of rotatable bonds is 3. The third-order valence-electron chi connectivity index (χ3n) is 4.33. The molecular formula is C16H22N2O. The Morgan fingerprint density at radius 3 is 3.00 bits per heavy atom. The molecular weight excluding hydrogens is 236 g/mol. The second kappa shape index (κ2) is 4.89. The fourth-order valence-electron chi connectivity index (χ4n) is 3.39. The topological polar surface area (TPSA) is 37.0 Å². The van der Waals surface area contributed by atoms with Gasteiger partial charge in [0.2, 0.25) is 0 Å². The van der Waals surface area contributed by atoms with E-state index in [1.807, 2.05) is 7.05 Å². The number of benzene rings is 1. The predicted molar refractivity (Wildman–Crippen MR) is 79.0 cm³/mol. The molecule has 2 aromatic rings. The minimum absolute atomic E-state index is 0.752. The number of fused-ring (bicyclic) bond motifs is 3. The molecule has 2 N–H and O–H groups in total. The van der Waals surface area contributed by atoms with Crippen molar-refractivity contribution >= 4 is 10.9 Å². The molecule has 0 aliphatic heterocycles. The van der Waals surface area contributed by atoms with Crippen molar-refractivity contribution in [3.05, 3.63) is 29.0 Å². The number of nitrogens with one attached hydrogen (secondary N) is 2. The van der Waals surface area contributed by atoms with Gasteiger partial charge in [0, 0.05) is 11.1 Å². The molecule has 19 heavy (non-hydrogen) atoms. The van der Waals surface area contributed by atoms with Gasteiger partial charge in [0.05, 0.1) is 12.6 Å². The lowest BCUT2D eigenvalue weighted by Crippen LogP contribution is -2.24. The highest BCUT2D eigenvalue weighted by Gasteiger charge is 2.24. The number of aromatic nitrogens is 1. The van der Waals surface area contributed by atoms with Crippen molar-refractivity contribution in [3.8, 4) is 5.75 Å². The molecule has 1 aromatic carbocycles. The first-order chi connectivity index (χ1) is 9.24. The lowest BCUT2D eigenvalue weighted by atomic mass is 9.85. The molecule has 0 amide bonds. The second-order valence-corrected chi connectivity index (χ2v) is 5.58. The summed E-state index contributed by atoms with van der Waals surface area (Å²) in [6, 6.07) is 4.22. The van der Waals surface area contributed by atoms with Crippen LogP contribution in [0.3, 0.4) is 0 Å². The van der Waals surface area contributed by atoms with Crippen LogP contribution in [0, 0.1) is 12.8 Å². The van der Waals surface area contributed by atoms with E-state index < -0.39 is 0 Å². The van der Waals surface area contributed by atoms with E-state index in [1.54, 1.807) is 7.11 Å². The van der Waals surface area contributed by atoms with Crippen molar-refractivity contribution in [2.24, 2.45) is 5.92 Å². The molecule has 1 aliphatic carbocycles. The van der Waals surface area contributed by atoms with Gasteiger partial charge in [-0.1, -0.05) is 6.07 Å². The maximum atomic E-state index is 5.49. The van der Waals surface area contributed by atoms with Gasteiger partial charge in [-0.3, -0.25) is 0 Å². The Morgan fingerprint density at radius 1 is 1.42 bits per heavy atom.